The molecule has 2 amide bonds. The van der Waals surface area contributed by atoms with Crippen LogP contribution >= 0.6 is 0 Å². The second-order valence-electron chi connectivity index (χ2n) is 7.62. The van der Waals surface area contributed by atoms with E-state index in [2.05, 4.69) is 6.07 Å². The number of hydrogen-bond acceptors (Lipinski definition) is 5. The van der Waals surface area contributed by atoms with Gasteiger partial charge in [0.15, 0.2) is 0 Å². The average molecular weight is 389 g/mol. The van der Waals surface area contributed by atoms with Crippen LogP contribution in [-0.2, 0) is 9.59 Å². The van der Waals surface area contributed by atoms with Crippen LogP contribution in [0.25, 0.3) is 0 Å². The molecule has 9 heteroatoms. The molecular formula is C19H21F2N5O2. The fourth-order valence-electron chi connectivity index (χ4n) is 4.59. The van der Waals surface area contributed by atoms with E-state index in [9.17, 15) is 18.4 Å². The van der Waals surface area contributed by atoms with Crippen LogP contribution < -0.4 is 10.6 Å². The van der Waals surface area contributed by atoms with E-state index in [1.54, 1.807) is 0 Å². The maximum Gasteiger partial charge on any atom is 0.244 e. The molecule has 4 rings (SSSR count). The van der Waals surface area contributed by atoms with E-state index in [0.717, 1.165) is 24.6 Å². The lowest BCUT2D eigenvalue weighted by atomic mass is 10.1. The van der Waals surface area contributed by atoms with Gasteiger partial charge in [-0.25, -0.2) is 8.78 Å². The summed E-state index contributed by atoms with van der Waals surface area (Å²) in [5.41, 5.74) is 6.30. The number of hydrogen-bond donors (Lipinski definition) is 1. The Morgan fingerprint density at radius 3 is 2.68 bits per heavy atom. The number of carbonyl (C=O) groups is 2. The van der Waals surface area contributed by atoms with E-state index < -0.39 is 29.8 Å². The van der Waals surface area contributed by atoms with Gasteiger partial charge in [-0.1, -0.05) is 0 Å². The quantitative estimate of drug-likeness (QED) is 0.814. The van der Waals surface area contributed by atoms with E-state index in [4.69, 9.17) is 11.0 Å². The minimum atomic E-state index is -0.818. The van der Waals surface area contributed by atoms with Crippen LogP contribution in [0, 0.1) is 23.0 Å². The largest absolute Gasteiger partial charge is 0.325 e. The summed E-state index contributed by atoms with van der Waals surface area (Å²) in [5.74, 6) is -1.97. The van der Waals surface area contributed by atoms with E-state index in [0.29, 0.717) is 25.9 Å². The van der Waals surface area contributed by atoms with Crippen LogP contribution in [0.3, 0.4) is 0 Å². The molecule has 0 aliphatic carbocycles. The van der Waals surface area contributed by atoms with E-state index in [1.165, 1.54) is 9.80 Å². The Morgan fingerprint density at radius 1 is 1.32 bits per heavy atom. The summed E-state index contributed by atoms with van der Waals surface area (Å²) >= 11 is 0. The van der Waals surface area contributed by atoms with E-state index >= 15 is 0 Å². The average Bonchev–Trinajstić information content (AvgIpc) is 3.34. The van der Waals surface area contributed by atoms with Gasteiger partial charge in [0.25, 0.3) is 0 Å². The Bertz CT molecular complexity index is 837. The summed E-state index contributed by atoms with van der Waals surface area (Å²) in [7, 11) is 0. The Morgan fingerprint density at radius 2 is 2.04 bits per heavy atom. The second kappa shape index (κ2) is 7.11. The lowest BCUT2D eigenvalue weighted by Crippen LogP contribution is -2.56. The number of nitrogens with zero attached hydrogens (tertiary/aromatic N) is 4. The first-order valence-electron chi connectivity index (χ1n) is 9.38. The first-order valence-corrected chi connectivity index (χ1v) is 9.38. The van der Waals surface area contributed by atoms with Gasteiger partial charge < -0.3 is 15.5 Å². The van der Waals surface area contributed by atoms with Crippen molar-refractivity contribution in [2.75, 3.05) is 24.5 Å². The highest BCUT2D eigenvalue weighted by Crippen LogP contribution is 2.36. The number of nitrogens with two attached hydrogens (primary N) is 1. The third-order valence-corrected chi connectivity index (χ3v) is 5.83. The van der Waals surface area contributed by atoms with Crippen LogP contribution in [-0.4, -0.2) is 65.4 Å². The molecule has 2 N–H and O–H groups in total. The first-order chi connectivity index (χ1) is 13.4. The number of halogens is 2. The molecule has 148 valence electrons. The zero-order valence-electron chi connectivity index (χ0n) is 15.2. The Balaban J connectivity index is 1.43. The maximum atomic E-state index is 13.5. The molecule has 0 spiro atoms. The SMILES string of the molecule is N#C[C@@H]1CCCN1C(=O)[C@@H](N)CN1C[C@@H]2C[C@H]1C(=O)N2c1cc(F)cc(F)c1. The van der Waals surface area contributed by atoms with Crippen molar-refractivity contribution in [1.29, 1.82) is 5.26 Å². The Hall–Kier alpha value is -2.57. The van der Waals surface area contributed by atoms with Crippen molar-refractivity contribution in [1.82, 2.24) is 9.80 Å². The molecule has 2 bridgehead atoms. The Labute approximate surface area is 161 Å². The molecule has 1 aromatic rings. The number of anilines is 1. The summed E-state index contributed by atoms with van der Waals surface area (Å²) in [6, 6.07) is 3.27. The van der Waals surface area contributed by atoms with Gasteiger partial charge in [0.2, 0.25) is 11.8 Å². The van der Waals surface area contributed by atoms with Gasteiger partial charge in [0.1, 0.15) is 17.7 Å². The van der Waals surface area contributed by atoms with Crippen molar-refractivity contribution >= 4 is 17.5 Å². The molecule has 1 aromatic carbocycles. The molecule has 7 nitrogen and oxygen atoms in total. The second-order valence-corrected chi connectivity index (χ2v) is 7.62. The number of carbonyl (C=O) groups excluding carboxylic acids is 2. The predicted octanol–water partition coefficient (Wildman–Crippen LogP) is 0.596. The third kappa shape index (κ3) is 3.12. The highest BCUT2D eigenvalue weighted by molar-refractivity contribution is 6.01. The topological polar surface area (TPSA) is 93.7 Å². The zero-order valence-corrected chi connectivity index (χ0v) is 15.2. The van der Waals surface area contributed by atoms with Gasteiger partial charge in [0.05, 0.1) is 24.2 Å². The van der Waals surface area contributed by atoms with Crippen molar-refractivity contribution in [2.24, 2.45) is 5.73 Å². The zero-order chi connectivity index (χ0) is 20.0. The molecule has 3 aliphatic rings. The molecule has 3 aliphatic heterocycles. The Kier molecular flexibility index (Phi) is 4.77. The van der Waals surface area contributed by atoms with Crippen LogP contribution in [0.4, 0.5) is 14.5 Å². The van der Waals surface area contributed by atoms with Crippen LogP contribution in [0.1, 0.15) is 19.3 Å². The van der Waals surface area contributed by atoms with Crippen molar-refractivity contribution in [3.05, 3.63) is 29.8 Å². The van der Waals surface area contributed by atoms with Gasteiger partial charge in [-0.15, -0.1) is 0 Å². The van der Waals surface area contributed by atoms with Crippen molar-refractivity contribution in [3.63, 3.8) is 0 Å². The lowest BCUT2D eigenvalue weighted by molar-refractivity contribution is -0.134. The number of benzene rings is 1. The number of likely N-dealkylation sites (tertiary alicyclic amines) is 2. The predicted molar refractivity (Wildman–Crippen MR) is 95.9 cm³/mol. The minimum absolute atomic E-state index is 0.209. The number of piperazine rings is 1. The minimum Gasteiger partial charge on any atom is -0.325 e. The molecule has 3 heterocycles. The van der Waals surface area contributed by atoms with Crippen molar-refractivity contribution in [2.45, 2.75) is 43.4 Å². The number of rotatable bonds is 4. The summed E-state index contributed by atoms with van der Waals surface area (Å²) in [6.45, 7) is 1.22. The first kappa shape index (κ1) is 18.8. The standard InChI is InChI=1S/C19H21F2N5O2/c20-11-4-12(21)6-14(5-11)26-15-7-17(19(26)28)24(9-15)10-16(23)18(27)25-3-1-2-13(25)8-22/h4-6,13,15-17H,1-3,7,9-10,23H2/t13-,15-,16-,17-/m0/s1. The van der Waals surface area contributed by atoms with Crippen molar-refractivity contribution < 1.29 is 18.4 Å². The number of amides is 2. The van der Waals surface area contributed by atoms with Gasteiger partial charge in [-0.2, -0.15) is 5.26 Å². The van der Waals surface area contributed by atoms with Gasteiger partial charge in [-0.3, -0.25) is 14.5 Å². The molecular weight excluding hydrogens is 368 g/mol. The maximum absolute atomic E-state index is 13.5. The summed E-state index contributed by atoms with van der Waals surface area (Å²) in [5, 5.41) is 9.15. The van der Waals surface area contributed by atoms with Crippen LogP contribution in [0.2, 0.25) is 0 Å². The molecule has 4 atom stereocenters. The third-order valence-electron chi connectivity index (χ3n) is 5.83. The fourth-order valence-corrected chi connectivity index (χ4v) is 4.59. The molecule has 0 unspecified atom stereocenters. The van der Waals surface area contributed by atoms with Gasteiger partial charge in [-0.05, 0) is 31.4 Å². The van der Waals surface area contributed by atoms with Crippen LogP contribution in [0.15, 0.2) is 18.2 Å². The lowest BCUT2D eigenvalue weighted by Gasteiger charge is -2.35. The summed E-state index contributed by atoms with van der Waals surface area (Å²) in [6.07, 6.45) is 1.96. The summed E-state index contributed by atoms with van der Waals surface area (Å²) < 4.78 is 27.1. The van der Waals surface area contributed by atoms with Crippen LogP contribution in [0.5, 0.6) is 0 Å². The smallest absolute Gasteiger partial charge is 0.244 e. The summed E-state index contributed by atoms with van der Waals surface area (Å²) in [4.78, 5) is 30.2. The molecule has 3 fully saturated rings. The highest BCUT2D eigenvalue weighted by Gasteiger charge is 2.50. The fraction of sp³-hybridized carbons (Fsp3) is 0.526. The molecule has 0 saturated carbocycles. The normalized spacial score (nSPS) is 28.1. The monoisotopic (exact) mass is 389 g/mol. The molecule has 0 radical (unpaired) electrons. The molecule has 0 aromatic heterocycles. The molecule has 3 saturated heterocycles. The molecule has 28 heavy (non-hydrogen) atoms. The highest BCUT2D eigenvalue weighted by atomic mass is 19.1. The number of nitriles is 1. The number of fused-ring (bicyclic) bond motifs is 2. The van der Waals surface area contributed by atoms with Crippen molar-refractivity contribution in [3.8, 4) is 6.07 Å². The van der Waals surface area contributed by atoms with Gasteiger partial charge >= 0.3 is 0 Å². The van der Waals surface area contributed by atoms with E-state index in [-0.39, 0.29) is 30.1 Å². The van der Waals surface area contributed by atoms with E-state index in [1.807, 2.05) is 4.90 Å². The van der Waals surface area contributed by atoms with Gasteiger partial charge in [0, 0.05) is 31.4 Å².